The van der Waals surface area contributed by atoms with Gasteiger partial charge in [0, 0.05) is 0 Å². The Balaban J connectivity index is 3.37. The minimum absolute atomic E-state index is 0.0741. The highest BCUT2D eigenvalue weighted by Gasteiger charge is 2.11. The lowest BCUT2D eigenvalue weighted by Gasteiger charge is -1.86. The average molecular weight is 193 g/mol. The molecule has 3 N–H and O–H groups in total. The van der Waals surface area contributed by atoms with E-state index < -0.39 is 5.97 Å². The minimum atomic E-state index is -1.04. The highest BCUT2D eigenvalue weighted by molar-refractivity contribution is 7.80. The molecular formula is C4H3NO2S3. The van der Waals surface area contributed by atoms with Crippen LogP contribution in [0.15, 0.2) is 0 Å². The molecule has 0 aromatic carbocycles. The van der Waals surface area contributed by atoms with E-state index in [2.05, 4.69) is 0 Å². The first-order chi connectivity index (χ1) is 4.63. The molecule has 0 bridgehead atoms. The summed E-state index contributed by atoms with van der Waals surface area (Å²) in [6.07, 6.45) is 0. The van der Waals surface area contributed by atoms with Gasteiger partial charge in [-0.2, -0.15) is 0 Å². The summed E-state index contributed by atoms with van der Waals surface area (Å²) in [7, 11) is 2.40. The maximum atomic E-state index is 10.4. The summed E-state index contributed by atoms with van der Waals surface area (Å²) in [5.41, 5.74) is 5.40. The highest BCUT2D eigenvalue weighted by atomic mass is 32.9. The van der Waals surface area contributed by atoms with Crippen molar-refractivity contribution >= 4 is 43.9 Å². The number of carboxylic acid groups (broad SMARTS) is 1. The summed E-state index contributed by atoms with van der Waals surface area (Å²) in [5, 5.41) is 8.80. The number of anilines is 1. The van der Waals surface area contributed by atoms with Gasteiger partial charge in [-0.25, -0.2) is 4.79 Å². The van der Waals surface area contributed by atoms with Gasteiger partial charge in [0.1, 0.15) is 14.4 Å². The van der Waals surface area contributed by atoms with Gasteiger partial charge in [0.25, 0.3) is 0 Å². The normalized spacial score (nSPS) is 9.60. The van der Waals surface area contributed by atoms with Crippen molar-refractivity contribution in [2.45, 2.75) is 0 Å². The van der Waals surface area contributed by atoms with E-state index in [9.17, 15) is 4.79 Å². The molecule has 10 heavy (non-hydrogen) atoms. The maximum Gasteiger partial charge on any atom is 0.341 e. The van der Waals surface area contributed by atoms with Gasteiger partial charge in [0.15, 0.2) is 0 Å². The molecule has 1 rings (SSSR count). The summed E-state index contributed by atoms with van der Waals surface area (Å²) in [4.78, 5) is 10.4. The second-order valence-electron chi connectivity index (χ2n) is 1.50. The van der Waals surface area contributed by atoms with Crippen LogP contribution in [0, 0.1) is 3.82 Å². The van der Waals surface area contributed by atoms with E-state index in [1.165, 1.54) is 20.7 Å². The Morgan fingerprint density at radius 2 is 2.20 bits per heavy atom. The monoisotopic (exact) mass is 193 g/mol. The first kappa shape index (κ1) is 7.64. The van der Waals surface area contributed by atoms with Crippen molar-refractivity contribution in [1.82, 2.24) is 0 Å². The molecule has 1 aromatic heterocycles. The van der Waals surface area contributed by atoms with Crippen molar-refractivity contribution in [2.75, 3.05) is 5.73 Å². The van der Waals surface area contributed by atoms with E-state index in [1.807, 2.05) is 0 Å². The van der Waals surface area contributed by atoms with E-state index in [0.29, 0.717) is 8.82 Å². The van der Waals surface area contributed by atoms with Gasteiger partial charge in [-0.05, 0) is 0 Å². The van der Waals surface area contributed by atoms with Gasteiger partial charge in [0.2, 0.25) is 0 Å². The third-order valence-corrected chi connectivity index (χ3v) is 3.75. The van der Waals surface area contributed by atoms with Crippen LogP contribution in [0.1, 0.15) is 10.4 Å². The molecule has 0 unspecified atom stereocenters. The number of nitrogens with two attached hydrogens (primary N) is 1. The molecule has 0 atom stereocenters. The van der Waals surface area contributed by atoms with Crippen molar-refractivity contribution in [2.24, 2.45) is 0 Å². The van der Waals surface area contributed by atoms with Gasteiger partial charge in [-0.15, -0.1) is 0 Å². The van der Waals surface area contributed by atoms with Crippen molar-refractivity contribution in [1.29, 1.82) is 0 Å². The second-order valence-corrected chi connectivity index (χ2v) is 4.35. The number of carboxylic acids is 1. The summed E-state index contributed by atoms with van der Waals surface area (Å²) in [5.74, 6) is -1.04. The molecule has 54 valence electrons. The zero-order valence-corrected chi connectivity index (χ0v) is 7.11. The quantitative estimate of drug-likeness (QED) is 0.527. The van der Waals surface area contributed by atoms with Crippen LogP contribution in [0.2, 0.25) is 0 Å². The molecule has 0 fully saturated rings. The standard InChI is InChI=1S/C4H3NO2S3/c5-2-1(3(6)7)4(8)10-9-2/h5H2,(H,6,7). The number of aromatic carboxylic acids is 1. The summed E-state index contributed by atoms with van der Waals surface area (Å²) >= 11 is 4.72. The molecule has 0 radical (unpaired) electrons. The van der Waals surface area contributed by atoms with Gasteiger partial charge >= 0.3 is 5.97 Å². The first-order valence-electron chi connectivity index (χ1n) is 2.25. The molecule has 0 aliphatic carbocycles. The first-order valence-corrected chi connectivity index (χ1v) is 4.80. The Morgan fingerprint density at radius 1 is 1.60 bits per heavy atom. The molecule has 0 aliphatic heterocycles. The molecular weight excluding hydrogens is 190 g/mol. The topological polar surface area (TPSA) is 63.3 Å². The number of hydrogen-bond donors (Lipinski definition) is 2. The zero-order chi connectivity index (χ0) is 7.72. The molecule has 1 aromatic rings. The van der Waals surface area contributed by atoms with Crippen LogP contribution in [0.25, 0.3) is 0 Å². The summed E-state index contributed by atoms with van der Waals surface area (Å²) in [6.45, 7) is 0. The third kappa shape index (κ3) is 1.18. The zero-order valence-electron chi connectivity index (χ0n) is 4.66. The minimum Gasteiger partial charge on any atom is -0.478 e. The van der Waals surface area contributed by atoms with Crippen molar-refractivity contribution in [3.05, 3.63) is 9.39 Å². The van der Waals surface area contributed by atoms with Crippen LogP contribution in [0.4, 0.5) is 5.00 Å². The van der Waals surface area contributed by atoms with E-state index in [1.54, 1.807) is 0 Å². The molecule has 0 spiro atoms. The fourth-order valence-corrected chi connectivity index (χ4v) is 2.81. The number of nitrogen functional groups attached to an aromatic ring is 1. The molecule has 0 saturated heterocycles. The third-order valence-electron chi connectivity index (χ3n) is 0.872. The Labute approximate surface area is 69.1 Å². The fraction of sp³-hybridized carbons (Fsp3) is 0. The largest absolute Gasteiger partial charge is 0.478 e. The van der Waals surface area contributed by atoms with Crippen LogP contribution in [-0.2, 0) is 0 Å². The average Bonchev–Trinajstić information content (AvgIpc) is 2.11. The molecule has 0 saturated carbocycles. The number of carbonyl (C=O) groups is 1. The predicted octanol–water partition coefficient (Wildman–Crippen LogP) is 1.82. The van der Waals surface area contributed by atoms with Crippen molar-refractivity contribution < 1.29 is 9.90 Å². The molecule has 0 aliphatic rings. The number of rotatable bonds is 1. The Bertz CT molecular complexity index is 313. The van der Waals surface area contributed by atoms with E-state index in [4.69, 9.17) is 23.1 Å². The maximum absolute atomic E-state index is 10.4. The fourth-order valence-electron chi connectivity index (χ4n) is 0.459. The Morgan fingerprint density at radius 3 is 2.40 bits per heavy atom. The van der Waals surface area contributed by atoms with Crippen LogP contribution in [0.3, 0.4) is 0 Å². The summed E-state index contributed by atoms with van der Waals surface area (Å²) in [6, 6.07) is 0. The van der Waals surface area contributed by atoms with Gasteiger partial charge in [-0.1, -0.05) is 32.9 Å². The molecule has 3 nitrogen and oxygen atoms in total. The van der Waals surface area contributed by atoms with Gasteiger partial charge in [-0.3, -0.25) is 0 Å². The molecule has 6 heteroatoms. The lowest BCUT2D eigenvalue weighted by molar-refractivity contribution is 0.0698. The molecule has 1 heterocycles. The van der Waals surface area contributed by atoms with Gasteiger partial charge in [0.05, 0.1) is 0 Å². The lowest BCUT2D eigenvalue weighted by atomic mass is 10.4. The van der Waals surface area contributed by atoms with Crippen LogP contribution >= 0.6 is 32.9 Å². The van der Waals surface area contributed by atoms with Crippen LogP contribution in [0.5, 0.6) is 0 Å². The SMILES string of the molecule is Nc1ssc(=S)c1C(=O)O. The van der Waals surface area contributed by atoms with E-state index in [-0.39, 0.29) is 5.56 Å². The summed E-state index contributed by atoms with van der Waals surface area (Å²) < 4.78 is 0.356. The van der Waals surface area contributed by atoms with Gasteiger partial charge < -0.3 is 10.8 Å². The van der Waals surface area contributed by atoms with Crippen LogP contribution < -0.4 is 5.73 Å². The Kier molecular flexibility index (Phi) is 2.02. The highest BCUT2D eigenvalue weighted by Crippen LogP contribution is 2.26. The van der Waals surface area contributed by atoms with Crippen LogP contribution in [-0.4, -0.2) is 11.1 Å². The van der Waals surface area contributed by atoms with Crippen molar-refractivity contribution in [3.63, 3.8) is 0 Å². The number of hydrogen-bond acceptors (Lipinski definition) is 5. The molecule has 0 amide bonds. The second kappa shape index (κ2) is 2.65. The smallest absolute Gasteiger partial charge is 0.341 e. The van der Waals surface area contributed by atoms with Crippen molar-refractivity contribution in [3.8, 4) is 0 Å². The lowest BCUT2D eigenvalue weighted by Crippen LogP contribution is -1.98. The Hall–Kier alpha value is -0.460. The van der Waals surface area contributed by atoms with E-state index in [0.717, 1.165) is 0 Å². The predicted molar refractivity (Wildman–Crippen MR) is 44.4 cm³/mol. The van der Waals surface area contributed by atoms with E-state index >= 15 is 0 Å².